The third kappa shape index (κ3) is 2.53. The first-order valence-electron chi connectivity index (χ1n) is 4.61. The smallest absolute Gasteiger partial charge is 0.310 e. The van der Waals surface area contributed by atoms with Gasteiger partial charge in [0.25, 0.3) is 0 Å². The van der Waals surface area contributed by atoms with Gasteiger partial charge in [0.15, 0.2) is 0 Å². The van der Waals surface area contributed by atoms with Gasteiger partial charge in [-0.2, -0.15) is 4.39 Å². The summed E-state index contributed by atoms with van der Waals surface area (Å²) in [4.78, 5) is 20.6. The lowest BCUT2D eigenvalue weighted by molar-refractivity contribution is -0.387. The second-order valence-electron chi connectivity index (χ2n) is 3.15. The van der Waals surface area contributed by atoms with Crippen molar-refractivity contribution in [2.45, 2.75) is 20.3 Å². The van der Waals surface area contributed by atoms with Crippen molar-refractivity contribution in [2.75, 3.05) is 0 Å². The molecule has 0 atom stereocenters. The number of hydrogen-bond donors (Lipinski definition) is 0. The zero-order valence-electron chi connectivity index (χ0n) is 8.82. The summed E-state index contributed by atoms with van der Waals surface area (Å²) >= 11 is 0. The Morgan fingerprint density at radius 2 is 2.19 bits per heavy atom. The van der Waals surface area contributed by atoms with E-state index in [1.54, 1.807) is 6.92 Å². The van der Waals surface area contributed by atoms with E-state index in [1.807, 2.05) is 0 Å². The van der Waals surface area contributed by atoms with Crippen LogP contribution in [0.1, 0.15) is 18.9 Å². The molecule has 0 amide bonds. The maximum Gasteiger partial charge on any atom is 0.310 e. The molecule has 0 bridgehead atoms. The predicted octanol–water partition coefficient (Wildman–Crippen LogP) is 2.36. The minimum absolute atomic E-state index is 0.0138. The largest absolute Gasteiger partial charge is 0.426 e. The molecule has 0 unspecified atom stereocenters. The molecule has 0 radical (unpaired) electrons. The topological polar surface area (TPSA) is 69.4 Å². The van der Waals surface area contributed by atoms with Crippen molar-refractivity contribution in [3.63, 3.8) is 0 Å². The number of hydrogen-bond acceptors (Lipinski definition) is 4. The maximum absolute atomic E-state index is 13.1. The number of carbonyl (C=O) groups excluding carboxylic acids is 1. The Morgan fingerprint density at radius 1 is 1.56 bits per heavy atom. The van der Waals surface area contributed by atoms with E-state index in [4.69, 9.17) is 4.74 Å². The Hall–Kier alpha value is -1.98. The van der Waals surface area contributed by atoms with Crippen LogP contribution in [0.4, 0.5) is 10.1 Å². The van der Waals surface area contributed by atoms with Gasteiger partial charge in [0, 0.05) is 6.42 Å². The SMILES string of the molecule is CCC(=O)Oc1cc([N+](=O)[O-])c(F)cc1C. The minimum Gasteiger partial charge on any atom is -0.426 e. The van der Waals surface area contributed by atoms with Crippen LogP contribution in [0.3, 0.4) is 0 Å². The lowest BCUT2D eigenvalue weighted by atomic mass is 10.2. The van der Waals surface area contributed by atoms with E-state index in [1.165, 1.54) is 6.92 Å². The molecule has 86 valence electrons. The number of benzene rings is 1. The number of nitrogens with zero attached hydrogens (tertiary/aromatic N) is 1. The molecule has 6 heteroatoms. The summed E-state index contributed by atoms with van der Waals surface area (Å²) in [5, 5.41) is 10.5. The summed E-state index contributed by atoms with van der Waals surface area (Å²) in [6, 6.07) is 1.88. The van der Waals surface area contributed by atoms with E-state index in [0.717, 1.165) is 12.1 Å². The zero-order valence-corrected chi connectivity index (χ0v) is 8.82. The average molecular weight is 227 g/mol. The minimum atomic E-state index is -0.946. The fraction of sp³-hybridized carbons (Fsp3) is 0.300. The quantitative estimate of drug-likeness (QED) is 0.344. The molecule has 1 rings (SSSR count). The van der Waals surface area contributed by atoms with Crippen LogP contribution in [0.25, 0.3) is 0 Å². The van der Waals surface area contributed by atoms with Gasteiger partial charge in [-0.25, -0.2) is 0 Å². The number of halogens is 1. The number of aryl methyl sites for hydroxylation is 1. The van der Waals surface area contributed by atoms with Gasteiger partial charge in [0.2, 0.25) is 5.82 Å². The fourth-order valence-electron chi connectivity index (χ4n) is 1.09. The summed E-state index contributed by atoms with van der Waals surface area (Å²) in [6.07, 6.45) is 0.143. The van der Waals surface area contributed by atoms with Crippen LogP contribution in [0.5, 0.6) is 5.75 Å². The molecule has 0 heterocycles. The van der Waals surface area contributed by atoms with Gasteiger partial charge in [-0.3, -0.25) is 14.9 Å². The molecule has 0 saturated carbocycles. The van der Waals surface area contributed by atoms with E-state index >= 15 is 0 Å². The van der Waals surface area contributed by atoms with Crippen molar-refractivity contribution in [1.29, 1.82) is 0 Å². The molecule has 5 nitrogen and oxygen atoms in total. The van der Waals surface area contributed by atoms with Crippen LogP contribution in [0.2, 0.25) is 0 Å². The summed E-state index contributed by atoms with van der Waals surface area (Å²) in [6.45, 7) is 3.10. The lowest BCUT2D eigenvalue weighted by Gasteiger charge is -2.06. The van der Waals surface area contributed by atoms with Crippen molar-refractivity contribution in [1.82, 2.24) is 0 Å². The highest BCUT2D eigenvalue weighted by atomic mass is 19.1. The van der Waals surface area contributed by atoms with Crippen LogP contribution in [0, 0.1) is 22.9 Å². The molecule has 0 aliphatic carbocycles. The van der Waals surface area contributed by atoms with Crippen molar-refractivity contribution >= 4 is 11.7 Å². The first kappa shape index (κ1) is 12.1. The Labute approximate surface area is 91.0 Å². The van der Waals surface area contributed by atoms with Crippen LogP contribution in [-0.4, -0.2) is 10.9 Å². The zero-order chi connectivity index (χ0) is 12.3. The van der Waals surface area contributed by atoms with Crippen molar-refractivity contribution in [2.24, 2.45) is 0 Å². The van der Waals surface area contributed by atoms with E-state index in [2.05, 4.69) is 0 Å². The number of esters is 1. The number of nitro groups is 1. The van der Waals surface area contributed by atoms with Crippen molar-refractivity contribution in [3.8, 4) is 5.75 Å². The second kappa shape index (κ2) is 4.69. The summed E-state index contributed by atoms with van der Waals surface area (Å²) in [5.74, 6) is -1.46. The molecule has 16 heavy (non-hydrogen) atoms. The summed E-state index contributed by atoms with van der Waals surface area (Å²) < 4.78 is 17.9. The molecule has 0 N–H and O–H groups in total. The van der Waals surface area contributed by atoms with Crippen molar-refractivity contribution < 1.29 is 18.8 Å². The van der Waals surface area contributed by atoms with Gasteiger partial charge < -0.3 is 4.74 Å². The Kier molecular flexibility index (Phi) is 3.55. The van der Waals surface area contributed by atoms with Gasteiger partial charge in [-0.15, -0.1) is 0 Å². The molecular formula is C10H10FNO4. The van der Waals surface area contributed by atoms with E-state index in [9.17, 15) is 19.3 Å². The monoisotopic (exact) mass is 227 g/mol. The van der Waals surface area contributed by atoms with Crippen molar-refractivity contribution in [3.05, 3.63) is 33.6 Å². The highest BCUT2D eigenvalue weighted by Crippen LogP contribution is 2.27. The van der Waals surface area contributed by atoms with Crippen LogP contribution in [-0.2, 0) is 4.79 Å². The number of rotatable bonds is 3. The molecular weight excluding hydrogens is 217 g/mol. The van der Waals surface area contributed by atoms with Crippen LogP contribution in [0.15, 0.2) is 12.1 Å². The van der Waals surface area contributed by atoms with Gasteiger partial charge in [0.05, 0.1) is 11.0 Å². The Balaban J connectivity index is 3.14. The molecule has 1 aromatic rings. The molecule has 0 spiro atoms. The van der Waals surface area contributed by atoms with Gasteiger partial charge >= 0.3 is 11.7 Å². The first-order chi connectivity index (χ1) is 7.45. The highest BCUT2D eigenvalue weighted by molar-refractivity contribution is 5.72. The van der Waals surface area contributed by atoms with Gasteiger partial charge in [-0.1, -0.05) is 6.92 Å². The van der Waals surface area contributed by atoms with Gasteiger partial charge in [0.1, 0.15) is 5.75 Å². The second-order valence-corrected chi connectivity index (χ2v) is 3.15. The van der Waals surface area contributed by atoms with Crippen LogP contribution < -0.4 is 4.74 Å². The maximum atomic E-state index is 13.1. The average Bonchev–Trinajstić information content (AvgIpc) is 2.21. The van der Waals surface area contributed by atoms with Gasteiger partial charge in [-0.05, 0) is 18.6 Å². The molecule has 1 aromatic carbocycles. The normalized spacial score (nSPS) is 9.94. The lowest BCUT2D eigenvalue weighted by Crippen LogP contribution is -2.07. The number of ether oxygens (including phenoxy) is 1. The molecule has 0 aromatic heterocycles. The predicted molar refractivity (Wildman–Crippen MR) is 53.7 cm³/mol. The molecule has 0 saturated heterocycles. The molecule has 0 aliphatic rings. The number of nitro benzene ring substituents is 1. The fourth-order valence-corrected chi connectivity index (χ4v) is 1.09. The van der Waals surface area contributed by atoms with Crippen LogP contribution >= 0.6 is 0 Å². The number of carbonyl (C=O) groups is 1. The first-order valence-corrected chi connectivity index (χ1v) is 4.61. The third-order valence-electron chi connectivity index (χ3n) is 1.95. The summed E-state index contributed by atoms with van der Waals surface area (Å²) in [7, 11) is 0. The standard InChI is InChI=1S/C10H10FNO4/c1-3-10(13)16-9-5-8(12(14)15)7(11)4-6(9)2/h4-5H,3H2,1-2H3. The van der Waals surface area contributed by atoms with E-state index in [0.29, 0.717) is 5.56 Å². The van der Waals surface area contributed by atoms with E-state index < -0.39 is 22.4 Å². The Morgan fingerprint density at radius 3 is 2.69 bits per heavy atom. The summed E-state index contributed by atoms with van der Waals surface area (Å²) in [5.41, 5.74) is -0.366. The molecule has 0 fully saturated rings. The highest BCUT2D eigenvalue weighted by Gasteiger charge is 2.18. The van der Waals surface area contributed by atoms with E-state index in [-0.39, 0.29) is 12.2 Å². The molecule has 0 aliphatic heterocycles. The third-order valence-corrected chi connectivity index (χ3v) is 1.95. The Bertz CT molecular complexity index is 445.